The minimum absolute atomic E-state index is 0.00440. The molecule has 0 saturated heterocycles. The third kappa shape index (κ3) is 3.57. The van der Waals surface area contributed by atoms with Gasteiger partial charge in [0.05, 0.1) is 6.61 Å². The summed E-state index contributed by atoms with van der Waals surface area (Å²) in [7, 11) is -3.77. The number of carboxylic acid groups (broad SMARTS) is 1. The van der Waals surface area contributed by atoms with E-state index in [-0.39, 0.29) is 28.3 Å². The highest BCUT2D eigenvalue weighted by molar-refractivity contribution is 7.91. The summed E-state index contributed by atoms with van der Waals surface area (Å²) < 4.78 is 26.3. The molecule has 0 saturated carbocycles. The van der Waals surface area contributed by atoms with E-state index in [1.165, 1.54) is 16.4 Å². The van der Waals surface area contributed by atoms with Crippen LogP contribution in [0.25, 0.3) is 0 Å². The van der Waals surface area contributed by atoms with Crippen LogP contribution in [0.3, 0.4) is 0 Å². The molecule has 0 unspecified atom stereocenters. The molecule has 6 nitrogen and oxygen atoms in total. The van der Waals surface area contributed by atoms with Crippen LogP contribution >= 0.6 is 11.3 Å². The molecule has 1 aromatic rings. The summed E-state index contributed by atoms with van der Waals surface area (Å²) in [5.41, 5.74) is 0. The zero-order valence-electron chi connectivity index (χ0n) is 11.4. The lowest BCUT2D eigenvalue weighted by Crippen LogP contribution is -2.41. The molecule has 0 atom stereocenters. The van der Waals surface area contributed by atoms with Crippen molar-refractivity contribution in [3.63, 3.8) is 0 Å². The Balaban J connectivity index is 3.17. The molecule has 0 aliphatic rings. The number of sulfonamides is 1. The zero-order valence-corrected chi connectivity index (χ0v) is 13.1. The van der Waals surface area contributed by atoms with E-state index in [1.807, 2.05) is 13.8 Å². The number of aromatic carboxylic acids is 1. The summed E-state index contributed by atoms with van der Waals surface area (Å²) in [6.45, 7) is 3.50. The molecule has 0 aliphatic heterocycles. The Bertz CT molecular complexity index is 548. The molecular formula is C12H19NO5S2. The largest absolute Gasteiger partial charge is 0.477 e. The lowest BCUT2D eigenvalue weighted by molar-refractivity contribution is 0.0702. The van der Waals surface area contributed by atoms with Gasteiger partial charge in [0.25, 0.3) is 10.0 Å². The number of thiophene rings is 1. The normalized spacial score (nSPS) is 12.2. The van der Waals surface area contributed by atoms with Gasteiger partial charge in [0, 0.05) is 12.6 Å². The van der Waals surface area contributed by atoms with Crippen molar-refractivity contribution in [2.24, 2.45) is 0 Å². The quantitative estimate of drug-likeness (QED) is 0.758. The Hall–Kier alpha value is -0.960. The molecule has 20 heavy (non-hydrogen) atoms. The van der Waals surface area contributed by atoms with E-state index in [0.29, 0.717) is 12.8 Å². The number of carbonyl (C=O) groups is 1. The van der Waals surface area contributed by atoms with Crippen molar-refractivity contribution < 1.29 is 23.4 Å². The van der Waals surface area contributed by atoms with Gasteiger partial charge in [0.15, 0.2) is 0 Å². The summed E-state index contributed by atoms with van der Waals surface area (Å²) >= 11 is 0.730. The molecule has 0 fully saturated rings. The van der Waals surface area contributed by atoms with Crippen LogP contribution in [0.15, 0.2) is 16.3 Å². The first-order valence-corrected chi connectivity index (χ1v) is 8.59. The third-order valence-electron chi connectivity index (χ3n) is 3.03. The Morgan fingerprint density at radius 1 is 1.35 bits per heavy atom. The van der Waals surface area contributed by atoms with Gasteiger partial charge in [-0.3, -0.25) is 0 Å². The molecule has 1 aromatic heterocycles. The van der Waals surface area contributed by atoms with Crippen LogP contribution in [0, 0.1) is 0 Å². The predicted molar refractivity (Wildman–Crippen MR) is 76.6 cm³/mol. The number of hydrogen-bond donors (Lipinski definition) is 2. The van der Waals surface area contributed by atoms with Crippen molar-refractivity contribution in [3.05, 3.63) is 17.0 Å². The predicted octanol–water partition coefficient (Wildman–Crippen LogP) is 1.62. The van der Waals surface area contributed by atoms with Crippen LogP contribution in [-0.4, -0.2) is 48.1 Å². The maximum atomic E-state index is 12.5. The molecule has 0 amide bonds. The van der Waals surface area contributed by atoms with Gasteiger partial charge < -0.3 is 10.2 Å². The minimum atomic E-state index is -3.77. The molecule has 2 N–H and O–H groups in total. The lowest BCUT2D eigenvalue weighted by atomic mass is 10.2. The van der Waals surface area contributed by atoms with Crippen molar-refractivity contribution in [1.29, 1.82) is 0 Å². The molecule has 1 heterocycles. The van der Waals surface area contributed by atoms with Gasteiger partial charge in [-0.05, 0) is 25.0 Å². The first-order valence-electron chi connectivity index (χ1n) is 6.34. The molecule has 8 heteroatoms. The second-order valence-corrected chi connectivity index (χ2v) is 7.43. The Kier molecular flexibility index (Phi) is 6.12. The van der Waals surface area contributed by atoms with E-state index in [2.05, 4.69) is 0 Å². The monoisotopic (exact) mass is 321 g/mol. The van der Waals surface area contributed by atoms with Crippen molar-refractivity contribution in [2.75, 3.05) is 13.2 Å². The van der Waals surface area contributed by atoms with Crippen LogP contribution in [0.4, 0.5) is 0 Å². The maximum Gasteiger partial charge on any atom is 0.345 e. The molecule has 0 spiro atoms. The fraction of sp³-hybridized carbons (Fsp3) is 0.583. The van der Waals surface area contributed by atoms with Gasteiger partial charge in [0.1, 0.15) is 9.09 Å². The Labute approximate surface area is 122 Å². The third-order valence-corrected chi connectivity index (χ3v) is 6.52. The van der Waals surface area contributed by atoms with Crippen molar-refractivity contribution in [3.8, 4) is 0 Å². The number of aliphatic hydroxyl groups excluding tert-OH is 1. The average Bonchev–Trinajstić information content (AvgIpc) is 2.89. The van der Waals surface area contributed by atoms with E-state index < -0.39 is 16.0 Å². The van der Waals surface area contributed by atoms with E-state index in [1.54, 1.807) is 0 Å². The summed E-state index contributed by atoms with van der Waals surface area (Å²) in [6, 6.07) is 2.38. The van der Waals surface area contributed by atoms with Gasteiger partial charge >= 0.3 is 5.97 Å². The van der Waals surface area contributed by atoms with Crippen molar-refractivity contribution in [2.45, 2.75) is 36.9 Å². The van der Waals surface area contributed by atoms with Gasteiger partial charge in [-0.2, -0.15) is 4.31 Å². The highest BCUT2D eigenvalue weighted by Gasteiger charge is 2.31. The number of hydrogen-bond acceptors (Lipinski definition) is 5. The average molecular weight is 321 g/mol. The topological polar surface area (TPSA) is 94.9 Å². The van der Waals surface area contributed by atoms with E-state index in [9.17, 15) is 13.2 Å². The zero-order chi connectivity index (χ0) is 15.3. The molecule has 0 aromatic carbocycles. The second kappa shape index (κ2) is 7.16. The van der Waals surface area contributed by atoms with Crippen molar-refractivity contribution in [1.82, 2.24) is 4.31 Å². The minimum Gasteiger partial charge on any atom is -0.477 e. The second-order valence-electron chi connectivity index (χ2n) is 4.23. The fourth-order valence-corrected chi connectivity index (χ4v) is 5.02. The molecule has 1 rings (SSSR count). The fourth-order valence-electron chi connectivity index (χ4n) is 1.98. The molecule has 0 radical (unpaired) electrons. The van der Waals surface area contributed by atoms with Crippen LogP contribution in [0.5, 0.6) is 0 Å². The Morgan fingerprint density at radius 2 is 1.95 bits per heavy atom. The van der Waals surface area contributed by atoms with E-state index in [4.69, 9.17) is 10.2 Å². The van der Waals surface area contributed by atoms with Crippen LogP contribution in [0.1, 0.15) is 36.4 Å². The highest BCUT2D eigenvalue weighted by Crippen LogP contribution is 2.27. The lowest BCUT2D eigenvalue weighted by Gasteiger charge is -2.28. The summed E-state index contributed by atoms with van der Waals surface area (Å²) in [5, 5.41) is 18.0. The molecular weight excluding hydrogens is 302 g/mol. The van der Waals surface area contributed by atoms with Gasteiger partial charge in [-0.15, -0.1) is 11.3 Å². The van der Waals surface area contributed by atoms with Crippen LogP contribution < -0.4 is 0 Å². The maximum absolute atomic E-state index is 12.5. The number of nitrogens with zero attached hydrogens (tertiary/aromatic N) is 1. The molecule has 0 aliphatic carbocycles. The first kappa shape index (κ1) is 17.1. The Morgan fingerprint density at radius 3 is 2.35 bits per heavy atom. The number of carboxylic acids is 1. The highest BCUT2D eigenvalue weighted by atomic mass is 32.2. The van der Waals surface area contributed by atoms with Gasteiger partial charge in [0.2, 0.25) is 0 Å². The summed E-state index contributed by atoms with van der Waals surface area (Å²) in [5.74, 6) is -1.15. The van der Waals surface area contributed by atoms with Gasteiger partial charge in [-0.1, -0.05) is 13.8 Å². The molecule has 114 valence electrons. The SMILES string of the molecule is CCC(CC)N(CCO)S(=O)(=O)c1ccc(C(=O)O)s1. The summed E-state index contributed by atoms with van der Waals surface area (Å²) in [6.07, 6.45) is 1.26. The summed E-state index contributed by atoms with van der Waals surface area (Å²) in [4.78, 5) is 10.8. The molecule has 0 bridgehead atoms. The van der Waals surface area contributed by atoms with Crippen molar-refractivity contribution >= 4 is 27.3 Å². The smallest absolute Gasteiger partial charge is 0.345 e. The number of rotatable bonds is 8. The first-order chi connectivity index (χ1) is 9.38. The standard InChI is InChI=1S/C12H19NO5S2/c1-3-9(4-2)13(7-8-14)20(17,18)11-6-5-10(19-11)12(15)16/h5-6,9,14H,3-4,7-8H2,1-2H3,(H,15,16). The van der Waals surface area contributed by atoms with Crippen LogP contribution in [-0.2, 0) is 10.0 Å². The van der Waals surface area contributed by atoms with E-state index >= 15 is 0 Å². The number of aliphatic hydroxyl groups is 1. The van der Waals surface area contributed by atoms with Gasteiger partial charge in [-0.25, -0.2) is 13.2 Å². The van der Waals surface area contributed by atoms with E-state index in [0.717, 1.165) is 11.3 Å². The van der Waals surface area contributed by atoms with Crippen LogP contribution in [0.2, 0.25) is 0 Å².